The minimum absolute atomic E-state index is 0.195. The van der Waals surface area contributed by atoms with Crippen LogP contribution in [0.25, 0.3) is 0 Å². The highest BCUT2D eigenvalue weighted by atomic mass is 16.5. The van der Waals surface area contributed by atoms with Gasteiger partial charge in [0, 0.05) is 31.2 Å². The van der Waals surface area contributed by atoms with Crippen LogP contribution in [0.3, 0.4) is 0 Å². The summed E-state index contributed by atoms with van der Waals surface area (Å²) in [5.74, 6) is 1.13. The molecule has 1 aliphatic carbocycles. The second kappa shape index (κ2) is 8.03. The summed E-state index contributed by atoms with van der Waals surface area (Å²) < 4.78 is 5.80. The lowest BCUT2D eigenvalue weighted by atomic mass is 9.68. The lowest BCUT2D eigenvalue weighted by molar-refractivity contribution is -0.134. The van der Waals surface area contributed by atoms with E-state index in [9.17, 15) is 4.79 Å². The van der Waals surface area contributed by atoms with Crippen LogP contribution in [-0.4, -0.2) is 49.2 Å². The van der Waals surface area contributed by atoms with E-state index in [4.69, 9.17) is 4.74 Å². The van der Waals surface area contributed by atoms with Crippen molar-refractivity contribution in [1.82, 2.24) is 10.2 Å². The predicted molar refractivity (Wildman–Crippen MR) is 115 cm³/mol. The molecule has 0 radical (unpaired) electrons. The molecule has 0 aromatic heterocycles. The standard InChI is InChI=1S/C25H36N2O2/c1-18-3-2-15-27(18)22-10-8-20(9-11-22)19-4-6-21(7-5-19)23-17-29-16-13-25(23)12-14-26-24(25)28/h4-7,18,20,22-23H,2-3,8-17H2,1H3,(H,26,28)/t18-,20?,22?,23?,25?/m0/s1. The van der Waals surface area contributed by atoms with Crippen molar-refractivity contribution in [3.63, 3.8) is 0 Å². The zero-order valence-corrected chi connectivity index (χ0v) is 17.9. The zero-order valence-electron chi connectivity index (χ0n) is 17.9. The number of hydrogen-bond acceptors (Lipinski definition) is 3. The number of likely N-dealkylation sites (tertiary alicyclic amines) is 1. The molecule has 1 spiro atoms. The first-order chi connectivity index (χ1) is 14.2. The Balaban J connectivity index is 1.25. The molecule has 4 heteroatoms. The summed E-state index contributed by atoms with van der Waals surface area (Å²) in [4.78, 5) is 15.4. The summed E-state index contributed by atoms with van der Waals surface area (Å²) in [7, 11) is 0. The Bertz CT molecular complexity index is 725. The van der Waals surface area contributed by atoms with Crippen LogP contribution >= 0.6 is 0 Å². The molecular weight excluding hydrogens is 360 g/mol. The highest BCUT2D eigenvalue weighted by Gasteiger charge is 2.50. The van der Waals surface area contributed by atoms with E-state index < -0.39 is 0 Å². The molecule has 3 aliphatic heterocycles. The number of carbonyl (C=O) groups is 1. The number of ether oxygens (including phenoxy) is 1. The fourth-order valence-corrected chi connectivity index (χ4v) is 6.70. The average molecular weight is 397 g/mol. The maximum absolute atomic E-state index is 12.6. The summed E-state index contributed by atoms with van der Waals surface area (Å²) in [6.07, 6.45) is 9.87. The number of rotatable bonds is 3. The number of benzene rings is 1. The van der Waals surface area contributed by atoms with Crippen molar-refractivity contribution in [2.45, 2.75) is 82.2 Å². The van der Waals surface area contributed by atoms with Gasteiger partial charge in [-0.05, 0) is 81.9 Å². The molecule has 3 heterocycles. The lowest BCUT2D eigenvalue weighted by Gasteiger charge is -2.39. The van der Waals surface area contributed by atoms with Crippen molar-refractivity contribution in [1.29, 1.82) is 0 Å². The molecule has 4 aliphatic rings. The topological polar surface area (TPSA) is 41.6 Å². The zero-order chi connectivity index (χ0) is 19.8. The Morgan fingerprint density at radius 3 is 2.45 bits per heavy atom. The first-order valence-corrected chi connectivity index (χ1v) is 11.9. The van der Waals surface area contributed by atoms with Gasteiger partial charge < -0.3 is 10.1 Å². The molecule has 4 fully saturated rings. The summed E-state index contributed by atoms with van der Waals surface area (Å²) in [5.41, 5.74) is 2.53. The second-order valence-corrected chi connectivity index (χ2v) is 9.94. The first-order valence-electron chi connectivity index (χ1n) is 11.9. The van der Waals surface area contributed by atoms with Crippen LogP contribution in [-0.2, 0) is 9.53 Å². The Hall–Kier alpha value is -1.39. The maximum atomic E-state index is 12.6. The third kappa shape index (κ3) is 3.53. The molecular formula is C25H36N2O2. The van der Waals surface area contributed by atoms with E-state index in [1.54, 1.807) is 0 Å². The van der Waals surface area contributed by atoms with Crippen molar-refractivity contribution < 1.29 is 9.53 Å². The molecule has 4 nitrogen and oxygen atoms in total. The Labute approximate surface area is 175 Å². The van der Waals surface area contributed by atoms with Gasteiger partial charge in [0.1, 0.15) is 0 Å². The van der Waals surface area contributed by atoms with Crippen molar-refractivity contribution in [2.75, 3.05) is 26.3 Å². The smallest absolute Gasteiger partial charge is 0.227 e. The molecule has 1 N–H and O–H groups in total. The van der Waals surface area contributed by atoms with Crippen LogP contribution in [0.2, 0.25) is 0 Å². The van der Waals surface area contributed by atoms with Gasteiger partial charge in [0.2, 0.25) is 5.91 Å². The minimum atomic E-state index is -0.246. The molecule has 158 valence electrons. The van der Waals surface area contributed by atoms with E-state index >= 15 is 0 Å². The Kier molecular flexibility index (Phi) is 5.42. The van der Waals surface area contributed by atoms with Crippen molar-refractivity contribution in [2.24, 2.45) is 5.41 Å². The summed E-state index contributed by atoms with van der Waals surface area (Å²) in [5, 5.41) is 3.07. The normalized spacial score (nSPS) is 38.4. The first kappa shape index (κ1) is 19.6. The fraction of sp³-hybridized carbons (Fsp3) is 0.720. The van der Waals surface area contributed by atoms with Crippen molar-refractivity contribution in [3.05, 3.63) is 35.4 Å². The van der Waals surface area contributed by atoms with Gasteiger partial charge in [-0.2, -0.15) is 0 Å². The van der Waals surface area contributed by atoms with Crippen LogP contribution in [0.15, 0.2) is 24.3 Å². The highest BCUT2D eigenvalue weighted by molar-refractivity contribution is 5.86. The van der Waals surface area contributed by atoms with Gasteiger partial charge in [-0.15, -0.1) is 0 Å². The third-order valence-corrected chi connectivity index (χ3v) is 8.53. The molecule has 1 aromatic rings. The minimum Gasteiger partial charge on any atom is -0.381 e. The van der Waals surface area contributed by atoms with Gasteiger partial charge >= 0.3 is 0 Å². The van der Waals surface area contributed by atoms with E-state index in [0.29, 0.717) is 19.1 Å². The fourth-order valence-electron chi connectivity index (χ4n) is 6.70. The molecule has 1 amide bonds. The van der Waals surface area contributed by atoms with E-state index in [1.165, 1.54) is 56.2 Å². The van der Waals surface area contributed by atoms with Gasteiger partial charge in [0.25, 0.3) is 0 Å². The SMILES string of the molecule is C[C@H]1CCCN1C1CCC(c2ccc(C3COCCC34CCNC4=O)cc2)CC1. The monoisotopic (exact) mass is 396 g/mol. The number of amides is 1. The molecule has 2 unspecified atom stereocenters. The van der Waals surface area contributed by atoms with Crippen LogP contribution < -0.4 is 5.32 Å². The molecule has 3 atom stereocenters. The van der Waals surface area contributed by atoms with Gasteiger partial charge in [-0.1, -0.05) is 24.3 Å². The Morgan fingerprint density at radius 1 is 1.03 bits per heavy atom. The lowest BCUT2D eigenvalue weighted by Crippen LogP contribution is -2.43. The Morgan fingerprint density at radius 2 is 1.79 bits per heavy atom. The quantitative estimate of drug-likeness (QED) is 0.832. The van der Waals surface area contributed by atoms with Crippen LogP contribution in [0.1, 0.15) is 81.3 Å². The van der Waals surface area contributed by atoms with Crippen molar-refractivity contribution >= 4 is 5.91 Å². The summed E-state index contributed by atoms with van der Waals surface area (Å²) >= 11 is 0. The number of nitrogens with zero attached hydrogens (tertiary/aromatic N) is 1. The van der Waals surface area contributed by atoms with E-state index in [0.717, 1.165) is 31.5 Å². The van der Waals surface area contributed by atoms with Gasteiger partial charge in [0.15, 0.2) is 0 Å². The number of nitrogens with one attached hydrogen (secondary N) is 1. The summed E-state index contributed by atoms with van der Waals surface area (Å²) in [6, 6.07) is 10.9. The molecule has 3 saturated heterocycles. The predicted octanol–water partition coefficient (Wildman–Crippen LogP) is 4.21. The number of carbonyl (C=O) groups excluding carboxylic acids is 1. The molecule has 5 rings (SSSR count). The molecule has 1 aromatic carbocycles. The highest BCUT2D eigenvalue weighted by Crippen LogP contribution is 2.47. The van der Waals surface area contributed by atoms with E-state index in [1.807, 2.05) is 0 Å². The van der Waals surface area contributed by atoms with Gasteiger partial charge in [-0.25, -0.2) is 0 Å². The molecule has 29 heavy (non-hydrogen) atoms. The molecule has 1 saturated carbocycles. The van der Waals surface area contributed by atoms with Crippen LogP contribution in [0, 0.1) is 5.41 Å². The van der Waals surface area contributed by atoms with Crippen molar-refractivity contribution in [3.8, 4) is 0 Å². The second-order valence-electron chi connectivity index (χ2n) is 9.94. The van der Waals surface area contributed by atoms with E-state index in [-0.39, 0.29) is 17.2 Å². The van der Waals surface area contributed by atoms with Crippen LogP contribution in [0.4, 0.5) is 0 Å². The van der Waals surface area contributed by atoms with Crippen LogP contribution in [0.5, 0.6) is 0 Å². The number of hydrogen-bond donors (Lipinski definition) is 1. The summed E-state index contributed by atoms with van der Waals surface area (Å²) in [6.45, 7) is 5.91. The largest absolute Gasteiger partial charge is 0.381 e. The third-order valence-electron chi connectivity index (χ3n) is 8.53. The van der Waals surface area contributed by atoms with Gasteiger partial charge in [-0.3, -0.25) is 9.69 Å². The van der Waals surface area contributed by atoms with Gasteiger partial charge in [0.05, 0.1) is 12.0 Å². The molecule has 0 bridgehead atoms. The average Bonchev–Trinajstić information content (AvgIpc) is 3.35. The van der Waals surface area contributed by atoms with E-state index in [2.05, 4.69) is 41.4 Å². The maximum Gasteiger partial charge on any atom is 0.227 e.